The fourth-order valence-corrected chi connectivity index (χ4v) is 2.24. The summed E-state index contributed by atoms with van der Waals surface area (Å²) >= 11 is 5.89. The highest BCUT2D eigenvalue weighted by Gasteiger charge is 2.24. The van der Waals surface area contributed by atoms with Gasteiger partial charge >= 0.3 is 0 Å². The van der Waals surface area contributed by atoms with Crippen LogP contribution < -0.4 is 10.2 Å². The van der Waals surface area contributed by atoms with E-state index in [4.69, 9.17) is 11.6 Å². The molecular formula is C14H12ClN3O. The van der Waals surface area contributed by atoms with Crippen LogP contribution in [0.15, 0.2) is 36.5 Å². The molecule has 19 heavy (non-hydrogen) atoms. The Morgan fingerprint density at radius 1 is 1.32 bits per heavy atom. The minimum Gasteiger partial charge on any atom is -0.321 e. The number of nitrogens with one attached hydrogen (secondary N) is 1. The van der Waals surface area contributed by atoms with Gasteiger partial charge in [-0.3, -0.25) is 4.79 Å². The van der Waals surface area contributed by atoms with Crippen LogP contribution in [-0.2, 0) is 4.79 Å². The van der Waals surface area contributed by atoms with Gasteiger partial charge in [-0.1, -0.05) is 11.6 Å². The second kappa shape index (κ2) is 4.55. The Labute approximate surface area is 116 Å². The van der Waals surface area contributed by atoms with Gasteiger partial charge in [0.25, 0.3) is 0 Å². The molecule has 0 saturated heterocycles. The SMILES string of the molecule is Cc1cnc2c(c1)NC(=O)CN2c1ccc(Cl)cc1. The number of hydrogen-bond donors (Lipinski definition) is 1. The van der Waals surface area contributed by atoms with E-state index in [1.54, 1.807) is 18.3 Å². The summed E-state index contributed by atoms with van der Waals surface area (Å²) in [6.45, 7) is 2.20. The molecule has 1 aromatic heterocycles. The van der Waals surface area contributed by atoms with E-state index in [0.29, 0.717) is 5.02 Å². The Kier molecular flexibility index (Phi) is 2.87. The summed E-state index contributed by atoms with van der Waals surface area (Å²) in [5.74, 6) is 0.711. The van der Waals surface area contributed by atoms with Gasteiger partial charge in [-0.25, -0.2) is 4.98 Å². The Hall–Kier alpha value is -2.07. The number of hydrogen-bond acceptors (Lipinski definition) is 3. The summed E-state index contributed by atoms with van der Waals surface area (Å²) in [6.07, 6.45) is 1.79. The van der Waals surface area contributed by atoms with Crippen LogP contribution >= 0.6 is 11.6 Å². The van der Waals surface area contributed by atoms with Gasteiger partial charge in [-0.15, -0.1) is 0 Å². The van der Waals surface area contributed by atoms with Crippen LogP contribution in [0.5, 0.6) is 0 Å². The topological polar surface area (TPSA) is 45.2 Å². The zero-order valence-corrected chi connectivity index (χ0v) is 11.1. The summed E-state index contributed by atoms with van der Waals surface area (Å²) < 4.78 is 0. The summed E-state index contributed by atoms with van der Waals surface area (Å²) in [5.41, 5.74) is 2.65. The van der Waals surface area contributed by atoms with E-state index in [-0.39, 0.29) is 12.5 Å². The van der Waals surface area contributed by atoms with Crippen molar-refractivity contribution in [1.29, 1.82) is 0 Å². The first-order valence-electron chi connectivity index (χ1n) is 5.93. The number of fused-ring (bicyclic) bond motifs is 1. The number of nitrogens with zero attached hydrogens (tertiary/aromatic N) is 2. The van der Waals surface area contributed by atoms with Gasteiger partial charge in [0.2, 0.25) is 5.91 Å². The smallest absolute Gasteiger partial charge is 0.244 e. The van der Waals surface area contributed by atoms with Gasteiger partial charge in [0.1, 0.15) is 6.54 Å². The molecule has 0 radical (unpaired) electrons. The molecule has 1 aliphatic heterocycles. The fourth-order valence-electron chi connectivity index (χ4n) is 2.11. The maximum Gasteiger partial charge on any atom is 0.244 e. The van der Waals surface area contributed by atoms with Gasteiger partial charge in [0.15, 0.2) is 5.82 Å². The number of aromatic nitrogens is 1. The first-order valence-corrected chi connectivity index (χ1v) is 6.31. The first-order chi connectivity index (χ1) is 9.13. The van der Waals surface area contributed by atoms with Crippen molar-refractivity contribution in [3.8, 4) is 0 Å². The molecule has 2 aromatic rings. The van der Waals surface area contributed by atoms with Crippen molar-refractivity contribution in [2.75, 3.05) is 16.8 Å². The van der Waals surface area contributed by atoms with E-state index < -0.39 is 0 Å². The van der Waals surface area contributed by atoms with Crippen LogP contribution in [0.3, 0.4) is 0 Å². The number of pyridine rings is 1. The second-order valence-corrected chi connectivity index (χ2v) is 4.93. The highest BCUT2D eigenvalue weighted by molar-refractivity contribution is 6.30. The Morgan fingerprint density at radius 2 is 2.05 bits per heavy atom. The Morgan fingerprint density at radius 3 is 2.79 bits per heavy atom. The van der Waals surface area contributed by atoms with Gasteiger partial charge in [-0.05, 0) is 42.8 Å². The van der Waals surface area contributed by atoms with Crippen molar-refractivity contribution in [1.82, 2.24) is 4.98 Å². The summed E-state index contributed by atoms with van der Waals surface area (Å²) in [5, 5.41) is 3.51. The summed E-state index contributed by atoms with van der Waals surface area (Å²) in [6, 6.07) is 9.29. The number of anilines is 3. The van der Waals surface area contributed by atoms with Crippen molar-refractivity contribution >= 4 is 34.7 Å². The van der Waals surface area contributed by atoms with Crippen molar-refractivity contribution < 1.29 is 4.79 Å². The lowest BCUT2D eigenvalue weighted by molar-refractivity contribution is -0.115. The minimum absolute atomic E-state index is 0.0464. The number of benzene rings is 1. The summed E-state index contributed by atoms with van der Waals surface area (Å²) in [7, 11) is 0. The van der Waals surface area contributed by atoms with E-state index in [1.807, 2.05) is 30.0 Å². The normalized spacial score (nSPS) is 14.0. The third-order valence-electron chi connectivity index (χ3n) is 2.97. The molecule has 1 amide bonds. The van der Waals surface area contributed by atoms with Crippen LogP contribution in [0.4, 0.5) is 17.2 Å². The lowest BCUT2D eigenvalue weighted by Gasteiger charge is -2.29. The van der Waals surface area contributed by atoms with E-state index in [1.165, 1.54) is 0 Å². The molecule has 0 spiro atoms. The number of rotatable bonds is 1. The number of carbonyl (C=O) groups is 1. The third-order valence-corrected chi connectivity index (χ3v) is 3.23. The van der Waals surface area contributed by atoms with Crippen molar-refractivity contribution in [2.45, 2.75) is 6.92 Å². The maximum absolute atomic E-state index is 11.8. The van der Waals surface area contributed by atoms with Crippen LogP contribution in [0.2, 0.25) is 5.02 Å². The third kappa shape index (κ3) is 2.27. The molecule has 3 rings (SSSR count). The van der Waals surface area contributed by atoms with E-state index >= 15 is 0 Å². The number of halogens is 1. The zero-order valence-electron chi connectivity index (χ0n) is 10.4. The predicted octanol–water partition coefficient (Wildman–Crippen LogP) is 3.13. The van der Waals surface area contributed by atoms with Crippen LogP contribution in [0.1, 0.15) is 5.56 Å². The molecular weight excluding hydrogens is 262 g/mol. The molecule has 4 nitrogen and oxygen atoms in total. The average molecular weight is 274 g/mol. The van der Waals surface area contributed by atoms with Crippen molar-refractivity contribution in [3.05, 3.63) is 47.1 Å². The quantitative estimate of drug-likeness (QED) is 0.868. The van der Waals surface area contributed by atoms with Crippen LogP contribution in [0, 0.1) is 6.92 Å². The minimum atomic E-state index is -0.0464. The molecule has 0 fully saturated rings. The molecule has 1 aliphatic rings. The number of aryl methyl sites for hydroxylation is 1. The lowest BCUT2D eigenvalue weighted by Crippen LogP contribution is -2.35. The Bertz CT molecular complexity index is 640. The average Bonchev–Trinajstić information content (AvgIpc) is 2.38. The molecule has 0 atom stereocenters. The second-order valence-electron chi connectivity index (χ2n) is 4.49. The first kappa shape index (κ1) is 12.0. The molecule has 2 heterocycles. The molecule has 0 bridgehead atoms. The number of amides is 1. The van der Waals surface area contributed by atoms with E-state index in [9.17, 15) is 4.79 Å². The van der Waals surface area contributed by atoms with Crippen LogP contribution in [0.25, 0.3) is 0 Å². The highest BCUT2D eigenvalue weighted by atomic mass is 35.5. The predicted molar refractivity (Wildman–Crippen MR) is 76.1 cm³/mol. The maximum atomic E-state index is 11.8. The Balaban J connectivity index is 2.08. The molecule has 0 saturated carbocycles. The standard InChI is InChI=1S/C14H12ClN3O/c1-9-6-12-14(16-7-9)18(8-13(19)17-12)11-4-2-10(15)3-5-11/h2-7H,8H2,1H3,(H,17,19). The van der Waals surface area contributed by atoms with E-state index in [2.05, 4.69) is 10.3 Å². The van der Waals surface area contributed by atoms with Crippen molar-refractivity contribution in [3.63, 3.8) is 0 Å². The molecule has 96 valence electrons. The van der Waals surface area contributed by atoms with Gasteiger partial charge in [0.05, 0.1) is 5.69 Å². The van der Waals surface area contributed by atoms with Gasteiger partial charge in [0, 0.05) is 16.9 Å². The van der Waals surface area contributed by atoms with Gasteiger partial charge in [-0.2, -0.15) is 0 Å². The molecule has 0 aliphatic carbocycles. The molecule has 5 heteroatoms. The molecule has 1 N–H and O–H groups in total. The van der Waals surface area contributed by atoms with E-state index in [0.717, 1.165) is 22.8 Å². The largest absolute Gasteiger partial charge is 0.321 e. The fraction of sp³-hybridized carbons (Fsp3) is 0.143. The molecule has 0 unspecified atom stereocenters. The van der Waals surface area contributed by atoms with Crippen LogP contribution in [-0.4, -0.2) is 17.4 Å². The van der Waals surface area contributed by atoms with Crippen molar-refractivity contribution in [2.24, 2.45) is 0 Å². The summed E-state index contributed by atoms with van der Waals surface area (Å²) in [4.78, 5) is 18.1. The van der Waals surface area contributed by atoms with Gasteiger partial charge < -0.3 is 10.2 Å². The lowest BCUT2D eigenvalue weighted by atomic mass is 10.2. The molecule has 1 aromatic carbocycles. The highest BCUT2D eigenvalue weighted by Crippen LogP contribution is 2.33. The monoisotopic (exact) mass is 273 g/mol. The zero-order chi connectivity index (χ0) is 13.4. The number of carbonyl (C=O) groups excluding carboxylic acids is 1.